The van der Waals surface area contributed by atoms with Crippen molar-refractivity contribution in [2.75, 3.05) is 36.4 Å². The number of anilines is 2. The van der Waals surface area contributed by atoms with Gasteiger partial charge in [0, 0.05) is 50.5 Å². The Morgan fingerprint density at radius 1 is 1.16 bits per heavy atom. The summed E-state index contributed by atoms with van der Waals surface area (Å²) in [5.41, 5.74) is 1.32. The molecule has 1 N–H and O–H groups in total. The highest BCUT2D eigenvalue weighted by atomic mass is 19.1. The Kier molecular flexibility index (Phi) is 5.01. The van der Waals surface area contributed by atoms with E-state index in [9.17, 15) is 14.0 Å². The highest BCUT2D eigenvalue weighted by Gasteiger charge is 2.32. The van der Waals surface area contributed by atoms with Crippen LogP contribution in [0.5, 0.6) is 0 Å². The third-order valence-electron chi connectivity index (χ3n) is 5.96. The maximum Gasteiger partial charge on any atom is 0.274 e. The van der Waals surface area contributed by atoms with E-state index in [1.807, 2.05) is 4.90 Å². The normalized spacial score (nSPS) is 18.7. The molecule has 9 heteroatoms. The molecule has 2 aromatic heterocycles. The summed E-state index contributed by atoms with van der Waals surface area (Å²) in [4.78, 5) is 37.5. The van der Waals surface area contributed by atoms with Crippen LogP contribution in [0.25, 0.3) is 5.78 Å². The summed E-state index contributed by atoms with van der Waals surface area (Å²) >= 11 is 0. The Hall–Kier alpha value is -3.49. The number of fused-ring (bicyclic) bond motifs is 1. The molecule has 31 heavy (non-hydrogen) atoms. The number of imidazole rings is 1. The van der Waals surface area contributed by atoms with Gasteiger partial charge in [-0.15, -0.1) is 0 Å². The zero-order chi connectivity index (χ0) is 21.4. The second-order valence-corrected chi connectivity index (χ2v) is 8.04. The number of hydrogen-bond acceptors (Lipinski definition) is 5. The second-order valence-electron chi connectivity index (χ2n) is 8.04. The maximum absolute atomic E-state index is 14.5. The molecule has 160 valence electrons. The number of benzene rings is 1. The number of hydrogen-bond donors (Lipinski definition) is 1. The van der Waals surface area contributed by atoms with Crippen LogP contribution < -0.4 is 10.2 Å². The van der Waals surface area contributed by atoms with E-state index in [1.54, 1.807) is 46.1 Å². The molecule has 4 heterocycles. The van der Waals surface area contributed by atoms with E-state index in [2.05, 4.69) is 15.3 Å². The van der Waals surface area contributed by atoms with Crippen LogP contribution in [0.3, 0.4) is 0 Å². The molecule has 0 spiro atoms. The number of nitrogens with one attached hydrogen (secondary N) is 1. The number of amides is 2. The Labute approximate surface area is 178 Å². The minimum absolute atomic E-state index is 0.208. The molecular formula is C22H23FN6O2. The summed E-state index contributed by atoms with van der Waals surface area (Å²) in [7, 11) is 0. The monoisotopic (exact) mass is 422 g/mol. The largest absolute Gasteiger partial charge is 0.369 e. The molecule has 2 aliphatic heterocycles. The topological polar surface area (TPSA) is 82.8 Å². The second kappa shape index (κ2) is 7.98. The third kappa shape index (κ3) is 3.83. The standard InChI is InChI=1S/C22H23FN6O2/c23-17-12-16(4-5-19(17)27-8-1-2-9-27)25-20(30)15-6-11-28(13-15)21(31)18-14-29-10-3-7-24-22(29)26-18/h3-5,7,10,12,14-15H,1-2,6,8-9,11,13H2,(H,25,30). The van der Waals surface area contributed by atoms with E-state index < -0.39 is 0 Å². The fourth-order valence-electron chi connectivity index (χ4n) is 4.30. The Morgan fingerprint density at radius 3 is 2.77 bits per heavy atom. The molecule has 8 nitrogen and oxygen atoms in total. The van der Waals surface area contributed by atoms with Gasteiger partial charge < -0.3 is 15.1 Å². The van der Waals surface area contributed by atoms with Gasteiger partial charge in [0.25, 0.3) is 5.91 Å². The van der Waals surface area contributed by atoms with Crippen molar-refractivity contribution in [3.63, 3.8) is 0 Å². The lowest BCUT2D eigenvalue weighted by molar-refractivity contribution is -0.119. The van der Waals surface area contributed by atoms with Gasteiger partial charge >= 0.3 is 0 Å². The van der Waals surface area contributed by atoms with Gasteiger partial charge in [-0.3, -0.25) is 14.0 Å². The summed E-state index contributed by atoms with van der Waals surface area (Å²) < 4.78 is 16.2. The van der Waals surface area contributed by atoms with Crippen LogP contribution in [-0.4, -0.2) is 57.3 Å². The van der Waals surface area contributed by atoms with E-state index >= 15 is 0 Å². The zero-order valence-electron chi connectivity index (χ0n) is 17.0. The molecule has 0 bridgehead atoms. The van der Waals surface area contributed by atoms with Crippen molar-refractivity contribution in [1.82, 2.24) is 19.3 Å². The fraction of sp³-hybridized carbons (Fsp3) is 0.364. The lowest BCUT2D eigenvalue weighted by Crippen LogP contribution is -2.31. The first-order chi connectivity index (χ1) is 15.1. The molecule has 2 saturated heterocycles. The van der Waals surface area contributed by atoms with Crippen LogP contribution in [0.1, 0.15) is 29.8 Å². The maximum atomic E-state index is 14.5. The quantitative estimate of drug-likeness (QED) is 0.699. The van der Waals surface area contributed by atoms with Crippen molar-refractivity contribution in [2.45, 2.75) is 19.3 Å². The third-order valence-corrected chi connectivity index (χ3v) is 5.96. The average molecular weight is 422 g/mol. The van der Waals surface area contributed by atoms with E-state index in [0.717, 1.165) is 25.9 Å². The summed E-state index contributed by atoms with van der Waals surface area (Å²) in [5.74, 6) is -0.648. The van der Waals surface area contributed by atoms with E-state index in [1.165, 1.54) is 6.07 Å². The minimum atomic E-state index is -0.347. The van der Waals surface area contributed by atoms with Gasteiger partial charge in [-0.25, -0.2) is 14.4 Å². The Balaban J connectivity index is 1.22. The van der Waals surface area contributed by atoms with Gasteiger partial charge in [0.2, 0.25) is 11.7 Å². The minimum Gasteiger partial charge on any atom is -0.369 e. The predicted molar refractivity (Wildman–Crippen MR) is 113 cm³/mol. The molecule has 2 aliphatic rings. The molecule has 3 aromatic rings. The van der Waals surface area contributed by atoms with Crippen LogP contribution in [-0.2, 0) is 4.79 Å². The molecular weight excluding hydrogens is 399 g/mol. The SMILES string of the molecule is O=C(Nc1ccc(N2CCCC2)c(F)c1)C1CCN(C(=O)c2cn3cccnc3n2)C1. The molecule has 0 radical (unpaired) electrons. The van der Waals surface area contributed by atoms with Crippen LogP contribution in [0.4, 0.5) is 15.8 Å². The predicted octanol–water partition coefficient (Wildman–Crippen LogP) is 2.57. The van der Waals surface area contributed by atoms with E-state index in [4.69, 9.17) is 0 Å². The van der Waals surface area contributed by atoms with Gasteiger partial charge in [-0.2, -0.15) is 0 Å². The van der Waals surface area contributed by atoms with Gasteiger partial charge in [0.1, 0.15) is 11.5 Å². The van der Waals surface area contributed by atoms with Gasteiger partial charge in [0.05, 0.1) is 11.6 Å². The average Bonchev–Trinajstić information content (AvgIpc) is 3.53. The summed E-state index contributed by atoms with van der Waals surface area (Å²) in [6, 6.07) is 6.58. The lowest BCUT2D eigenvalue weighted by atomic mass is 10.1. The van der Waals surface area contributed by atoms with Crippen molar-refractivity contribution in [3.05, 3.63) is 54.4 Å². The first-order valence-corrected chi connectivity index (χ1v) is 10.5. The van der Waals surface area contributed by atoms with Crippen molar-refractivity contribution in [3.8, 4) is 0 Å². The molecule has 5 rings (SSSR count). The first kappa shape index (κ1) is 19.5. The fourth-order valence-corrected chi connectivity index (χ4v) is 4.30. The van der Waals surface area contributed by atoms with Crippen molar-refractivity contribution in [2.24, 2.45) is 5.92 Å². The van der Waals surface area contributed by atoms with Crippen molar-refractivity contribution in [1.29, 1.82) is 0 Å². The smallest absolute Gasteiger partial charge is 0.274 e. The van der Waals surface area contributed by atoms with E-state index in [-0.39, 0.29) is 23.5 Å². The molecule has 1 atom stereocenters. The number of carbonyl (C=O) groups is 2. The van der Waals surface area contributed by atoms with Crippen molar-refractivity contribution < 1.29 is 14.0 Å². The first-order valence-electron chi connectivity index (χ1n) is 10.5. The van der Waals surface area contributed by atoms with Crippen LogP contribution >= 0.6 is 0 Å². The van der Waals surface area contributed by atoms with Gasteiger partial charge in [-0.1, -0.05) is 0 Å². The van der Waals surface area contributed by atoms with Gasteiger partial charge in [0.15, 0.2) is 0 Å². The molecule has 1 unspecified atom stereocenters. The number of aromatic nitrogens is 3. The molecule has 0 saturated carbocycles. The number of carbonyl (C=O) groups excluding carboxylic acids is 2. The van der Waals surface area contributed by atoms with Crippen molar-refractivity contribution >= 4 is 29.0 Å². The molecule has 2 amide bonds. The van der Waals surface area contributed by atoms with Gasteiger partial charge in [-0.05, 0) is 43.5 Å². The summed E-state index contributed by atoms with van der Waals surface area (Å²) in [6.07, 6.45) is 7.73. The molecule has 0 aliphatic carbocycles. The van der Waals surface area contributed by atoms with Crippen LogP contribution in [0.15, 0.2) is 42.9 Å². The lowest BCUT2D eigenvalue weighted by Gasteiger charge is -2.19. The number of rotatable bonds is 4. The summed E-state index contributed by atoms with van der Waals surface area (Å²) in [5, 5.41) is 2.80. The molecule has 2 fully saturated rings. The number of likely N-dealkylation sites (tertiary alicyclic amines) is 1. The van der Waals surface area contributed by atoms with Crippen LogP contribution in [0.2, 0.25) is 0 Å². The highest BCUT2D eigenvalue weighted by Crippen LogP contribution is 2.27. The molecule has 1 aromatic carbocycles. The van der Waals surface area contributed by atoms with E-state index in [0.29, 0.717) is 42.4 Å². The van der Waals surface area contributed by atoms with Crippen LogP contribution in [0, 0.1) is 11.7 Å². The Morgan fingerprint density at radius 2 is 2.00 bits per heavy atom. The number of nitrogens with zero attached hydrogens (tertiary/aromatic N) is 5. The summed E-state index contributed by atoms with van der Waals surface area (Å²) in [6.45, 7) is 2.49. The Bertz CT molecular complexity index is 1110. The zero-order valence-corrected chi connectivity index (χ0v) is 17.0. The number of halogens is 1. The highest BCUT2D eigenvalue weighted by molar-refractivity contribution is 5.96.